The summed E-state index contributed by atoms with van der Waals surface area (Å²) in [6, 6.07) is 0.412. The molecule has 0 bridgehead atoms. The molecule has 0 spiro atoms. The molecule has 1 saturated heterocycles. The summed E-state index contributed by atoms with van der Waals surface area (Å²) < 4.78 is 1.91. The molecule has 1 unspecified atom stereocenters. The van der Waals surface area contributed by atoms with E-state index in [9.17, 15) is 0 Å². The van der Waals surface area contributed by atoms with E-state index >= 15 is 0 Å². The quantitative estimate of drug-likeness (QED) is 0.852. The predicted molar refractivity (Wildman–Crippen MR) is 65.5 cm³/mol. The van der Waals surface area contributed by atoms with Crippen molar-refractivity contribution in [3.05, 3.63) is 11.9 Å². The maximum atomic E-state index is 8.99. The van der Waals surface area contributed by atoms with Crippen molar-refractivity contribution in [1.29, 1.82) is 0 Å². The van der Waals surface area contributed by atoms with Crippen LogP contribution in [-0.4, -0.2) is 44.6 Å². The molecule has 5 heteroatoms. The summed E-state index contributed by atoms with van der Waals surface area (Å²) in [5, 5.41) is 17.0. The first kappa shape index (κ1) is 12.5. The van der Waals surface area contributed by atoms with Gasteiger partial charge in [-0.3, -0.25) is 0 Å². The fourth-order valence-corrected chi connectivity index (χ4v) is 2.49. The summed E-state index contributed by atoms with van der Waals surface area (Å²) in [4.78, 5) is 2.50. The lowest BCUT2D eigenvalue weighted by molar-refractivity contribution is 0.154. The monoisotopic (exact) mass is 238 g/mol. The zero-order valence-electron chi connectivity index (χ0n) is 10.7. The molecule has 1 fully saturated rings. The number of hydrogen-bond donors (Lipinski definition) is 1. The van der Waals surface area contributed by atoms with E-state index in [-0.39, 0.29) is 6.61 Å². The van der Waals surface area contributed by atoms with Crippen LogP contribution in [0.5, 0.6) is 0 Å². The Hall–Kier alpha value is -0.940. The van der Waals surface area contributed by atoms with Crippen LogP contribution in [0.2, 0.25) is 0 Å². The number of rotatable bonds is 4. The van der Waals surface area contributed by atoms with Crippen molar-refractivity contribution in [3.8, 4) is 0 Å². The van der Waals surface area contributed by atoms with Gasteiger partial charge in [0.15, 0.2) is 0 Å². The van der Waals surface area contributed by atoms with Gasteiger partial charge in [0.05, 0.1) is 18.8 Å². The fourth-order valence-electron chi connectivity index (χ4n) is 2.49. The van der Waals surface area contributed by atoms with E-state index in [2.05, 4.69) is 29.1 Å². The third kappa shape index (κ3) is 3.26. The van der Waals surface area contributed by atoms with Crippen molar-refractivity contribution in [3.63, 3.8) is 0 Å². The summed E-state index contributed by atoms with van der Waals surface area (Å²) in [6.07, 6.45) is 4.23. The summed E-state index contributed by atoms with van der Waals surface area (Å²) in [5.74, 6) is 0.706. The van der Waals surface area contributed by atoms with Crippen LogP contribution >= 0.6 is 0 Å². The van der Waals surface area contributed by atoms with Crippen LogP contribution in [0.1, 0.15) is 38.4 Å². The van der Waals surface area contributed by atoms with Gasteiger partial charge >= 0.3 is 0 Å². The summed E-state index contributed by atoms with van der Waals surface area (Å²) in [7, 11) is 0. The Labute approximate surface area is 102 Å². The molecule has 2 rings (SSSR count). The minimum atomic E-state index is -0.0254. The molecule has 1 aromatic heterocycles. The summed E-state index contributed by atoms with van der Waals surface area (Å²) in [6.45, 7) is 7.87. The molecule has 0 aliphatic carbocycles. The van der Waals surface area contributed by atoms with Crippen LogP contribution in [0.3, 0.4) is 0 Å². The minimum absolute atomic E-state index is 0.0254. The number of likely N-dealkylation sites (tertiary alicyclic amines) is 1. The Morgan fingerprint density at radius 1 is 1.53 bits per heavy atom. The number of aliphatic hydroxyl groups excluding tert-OH is 1. The topological polar surface area (TPSA) is 54.2 Å². The van der Waals surface area contributed by atoms with Crippen molar-refractivity contribution in [2.75, 3.05) is 19.6 Å². The highest BCUT2D eigenvalue weighted by atomic mass is 16.3. The first-order chi connectivity index (χ1) is 8.19. The molecule has 1 atom stereocenters. The van der Waals surface area contributed by atoms with E-state index in [1.54, 1.807) is 0 Å². The number of aliphatic hydroxyl groups is 1. The maximum absolute atomic E-state index is 8.99. The van der Waals surface area contributed by atoms with E-state index < -0.39 is 0 Å². The van der Waals surface area contributed by atoms with Crippen molar-refractivity contribution in [1.82, 2.24) is 19.9 Å². The zero-order valence-corrected chi connectivity index (χ0v) is 10.7. The van der Waals surface area contributed by atoms with E-state index in [1.165, 1.54) is 13.0 Å². The molecule has 1 N–H and O–H groups in total. The third-order valence-electron chi connectivity index (χ3n) is 3.20. The van der Waals surface area contributed by atoms with Gasteiger partial charge < -0.3 is 10.0 Å². The third-order valence-corrected chi connectivity index (χ3v) is 3.20. The van der Waals surface area contributed by atoms with Crippen molar-refractivity contribution >= 4 is 0 Å². The highest BCUT2D eigenvalue weighted by molar-refractivity contribution is 4.92. The van der Waals surface area contributed by atoms with Crippen LogP contribution < -0.4 is 0 Å². The predicted octanol–water partition coefficient (Wildman–Crippen LogP) is 1.06. The van der Waals surface area contributed by atoms with Crippen molar-refractivity contribution in [2.24, 2.45) is 5.92 Å². The van der Waals surface area contributed by atoms with Gasteiger partial charge in [-0.25, -0.2) is 4.68 Å². The lowest BCUT2D eigenvalue weighted by Crippen LogP contribution is -2.38. The van der Waals surface area contributed by atoms with E-state index in [0.29, 0.717) is 17.7 Å². The molecule has 0 radical (unpaired) electrons. The number of nitrogens with zero attached hydrogens (tertiary/aromatic N) is 4. The molecule has 1 aromatic rings. The number of piperidine rings is 1. The number of aromatic nitrogens is 3. The van der Waals surface area contributed by atoms with Crippen LogP contribution in [-0.2, 0) is 6.61 Å². The lowest BCUT2D eigenvalue weighted by Gasteiger charge is -2.33. The minimum Gasteiger partial charge on any atom is -0.390 e. The van der Waals surface area contributed by atoms with Crippen LogP contribution in [0, 0.1) is 5.92 Å². The Kier molecular flexibility index (Phi) is 4.12. The zero-order chi connectivity index (χ0) is 12.3. The van der Waals surface area contributed by atoms with E-state index in [0.717, 1.165) is 19.5 Å². The Morgan fingerprint density at radius 3 is 3.00 bits per heavy atom. The molecule has 0 aromatic carbocycles. The molecule has 96 valence electrons. The first-order valence-electron chi connectivity index (χ1n) is 6.43. The normalized spacial score (nSPS) is 22.2. The second-order valence-electron chi connectivity index (χ2n) is 5.30. The van der Waals surface area contributed by atoms with Gasteiger partial charge in [-0.15, -0.1) is 5.10 Å². The summed E-state index contributed by atoms with van der Waals surface area (Å²) >= 11 is 0. The molecule has 0 amide bonds. The second kappa shape index (κ2) is 5.60. The van der Waals surface area contributed by atoms with Gasteiger partial charge in [0, 0.05) is 13.1 Å². The lowest BCUT2D eigenvalue weighted by atomic mass is 10.0. The van der Waals surface area contributed by atoms with Crippen LogP contribution in [0.25, 0.3) is 0 Å². The first-order valence-corrected chi connectivity index (χ1v) is 6.43. The molecule has 5 nitrogen and oxygen atoms in total. The molecule has 1 aliphatic heterocycles. The highest BCUT2D eigenvalue weighted by Crippen LogP contribution is 2.21. The second-order valence-corrected chi connectivity index (χ2v) is 5.30. The smallest absolute Gasteiger partial charge is 0.108 e. The van der Waals surface area contributed by atoms with Gasteiger partial charge in [-0.05, 0) is 25.3 Å². The highest BCUT2D eigenvalue weighted by Gasteiger charge is 2.22. The average molecular weight is 238 g/mol. The Bertz CT molecular complexity index is 350. The number of hydrogen-bond acceptors (Lipinski definition) is 4. The van der Waals surface area contributed by atoms with Gasteiger partial charge in [0.25, 0.3) is 0 Å². The van der Waals surface area contributed by atoms with Gasteiger partial charge in [-0.2, -0.15) is 0 Å². The SMILES string of the molecule is CC(C)CN1CCCC(n2cc(CO)nn2)C1. The van der Waals surface area contributed by atoms with Crippen LogP contribution in [0.4, 0.5) is 0 Å². The molecular weight excluding hydrogens is 216 g/mol. The maximum Gasteiger partial charge on any atom is 0.108 e. The van der Waals surface area contributed by atoms with Gasteiger partial charge in [0.1, 0.15) is 5.69 Å². The van der Waals surface area contributed by atoms with Gasteiger partial charge in [-0.1, -0.05) is 19.1 Å². The Balaban J connectivity index is 1.96. The fraction of sp³-hybridized carbons (Fsp3) is 0.833. The van der Waals surface area contributed by atoms with E-state index in [4.69, 9.17) is 5.11 Å². The molecule has 17 heavy (non-hydrogen) atoms. The van der Waals surface area contributed by atoms with Crippen molar-refractivity contribution in [2.45, 2.75) is 39.3 Å². The van der Waals surface area contributed by atoms with Crippen LogP contribution in [0.15, 0.2) is 6.20 Å². The molecular formula is C12H22N4O. The molecule has 1 aliphatic rings. The average Bonchev–Trinajstić information content (AvgIpc) is 2.77. The van der Waals surface area contributed by atoms with E-state index in [1.807, 2.05) is 10.9 Å². The van der Waals surface area contributed by atoms with Gasteiger partial charge in [0.2, 0.25) is 0 Å². The Morgan fingerprint density at radius 2 is 2.35 bits per heavy atom. The molecule has 2 heterocycles. The largest absolute Gasteiger partial charge is 0.390 e. The standard InChI is InChI=1S/C12H22N4O/c1-10(2)6-15-5-3-4-12(8-15)16-7-11(9-17)13-14-16/h7,10,12,17H,3-6,8-9H2,1-2H3. The summed E-state index contributed by atoms with van der Waals surface area (Å²) in [5.41, 5.74) is 0.658. The van der Waals surface area contributed by atoms with Crippen molar-refractivity contribution < 1.29 is 5.11 Å². The molecule has 0 saturated carbocycles.